The molecule has 0 aromatic heterocycles. The molecule has 1 atom stereocenters. The molecule has 74 valence electrons. The Labute approximate surface area is 76.4 Å². The van der Waals surface area contributed by atoms with Crippen LogP contribution in [0.5, 0.6) is 0 Å². The van der Waals surface area contributed by atoms with Gasteiger partial charge in [0.1, 0.15) is 0 Å². The maximum absolute atomic E-state index is 9.76. The SMILES string of the molecule is CCCC(C)(O)CNCC(C)C. The van der Waals surface area contributed by atoms with Gasteiger partial charge in [-0.25, -0.2) is 0 Å². The zero-order valence-electron chi connectivity index (χ0n) is 8.85. The third kappa shape index (κ3) is 6.62. The first kappa shape index (κ1) is 11.9. The molecule has 0 rings (SSSR count). The highest BCUT2D eigenvalue weighted by atomic mass is 16.3. The molecule has 0 spiro atoms. The Balaban J connectivity index is 3.46. The Bertz CT molecular complexity index is 110. The second-order valence-corrected chi connectivity index (χ2v) is 4.27. The van der Waals surface area contributed by atoms with E-state index in [2.05, 4.69) is 26.1 Å². The van der Waals surface area contributed by atoms with E-state index in [1.165, 1.54) is 0 Å². The zero-order chi connectivity index (χ0) is 9.61. The molecule has 0 fully saturated rings. The molecule has 2 nitrogen and oxygen atoms in total. The summed E-state index contributed by atoms with van der Waals surface area (Å²) in [6, 6.07) is 0. The topological polar surface area (TPSA) is 32.3 Å². The van der Waals surface area contributed by atoms with Gasteiger partial charge in [-0.3, -0.25) is 0 Å². The van der Waals surface area contributed by atoms with Crippen molar-refractivity contribution < 1.29 is 5.11 Å². The molecular weight excluding hydrogens is 150 g/mol. The van der Waals surface area contributed by atoms with Gasteiger partial charge < -0.3 is 10.4 Å². The number of nitrogens with one attached hydrogen (secondary N) is 1. The smallest absolute Gasteiger partial charge is 0.0743 e. The van der Waals surface area contributed by atoms with Gasteiger partial charge >= 0.3 is 0 Å². The van der Waals surface area contributed by atoms with Crippen LogP contribution in [0.25, 0.3) is 0 Å². The maximum atomic E-state index is 9.76. The van der Waals surface area contributed by atoms with Crippen molar-refractivity contribution in [2.24, 2.45) is 5.92 Å². The molecule has 0 radical (unpaired) electrons. The molecule has 0 aliphatic rings. The lowest BCUT2D eigenvalue weighted by Crippen LogP contribution is -2.38. The van der Waals surface area contributed by atoms with Gasteiger partial charge in [0, 0.05) is 6.54 Å². The van der Waals surface area contributed by atoms with Gasteiger partial charge in [0.15, 0.2) is 0 Å². The minimum Gasteiger partial charge on any atom is -0.389 e. The van der Waals surface area contributed by atoms with E-state index in [1.807, 2.05) is 6.92 Å². The Morgan fingerprint density at radius 2 is 2.00 bits per heavy atom. The quantitative estimate of drug-likeness (QED) is 0.642. The number of rotatable bonds is 6. The lowest BCUT2D eigenvalue weighted by Gasteiger charge is -2.23. The van der Waals surface area contributed by atoms with Crippen LogP contribution in [0.1, 0.15) is 40.5 Å². The second kappa shape index (κ2) is 5.55. The summed E-state index contributed by atoms with van der Waals surface area (Å²) in [5.74, 6) is 0.655. The predicted molar refractivity (Wildman–Crippen MR) is 53.2 cm³/mol. The molecule has 0 bridgehead atoms. The standard InChI is InChI=1S/C10H23NO/c1-5-6-10(4,12)8-11-7-9(2)3/h9,11-12H,5-8H2,1-4H3. The highest BCUT2D eigenvalue weighted by molar-refractivity contribution is 4.74. The van der Waals surface area contributed by atoms with Crippen molar-refractivity contribution in [3.05, 3.63) is 0 Å². The largest absolute Gasteiger partial charge is 0.389 e. The third-order valence-electron chi connectivity index (χ3n) is 1.85. The van der Waals surface area contributed by atoms with Crippen molar-refractivity contribution in [3.63, 3.8) is 0 Å². The number of hydrogen-bond donors (Lipinski definition) is 2. The van der Waals surface area contributed by atoms with E-state index in [1.54, 1.807) is 0 Å². The van der Waals surface area contributed by atoms with Gasteiger partial charge in [0.2, 0.25) is 0 Å². The molecule has 0 saturated heterocycles. The summed E-state index contributed by atoms with van der Waals surface area (Å²) in [5, 5.41) is 13.0. The summed E-state index contributed by atoms with van der Waals surface area (Å²) >= 11 is 0. The van der Waals surface area contributed by atoms with Crippen LogP contribution in [0.2, 0.25) is 0 Å². The molecule has 0 aliphatic carbocycles. The normalized spacial score (nSPS) is 16.5. The summed E-state index contributed by atoms with van der Waals surface area (Å²) in [6.07, 6.45) is 1.91. The monoisotopic (exact) mass is 173 g/mol. The molecule has 0 aliphatic heterocycles. The summed E-state index contributed by atoms with van der Waals surface area (Å²) in [6.45, 7) is 10.0. The van der Waals surface area contributed by atoms with Gasteiger partial charge in [-0.15, -0.1) is 0 Å². The fourth-order valence-electron chi connectivity index (χ4n) is 1.26. The highest BCUT2D eigenvalue weighted by Gasteiger charge is 2.17. The summed E-state index contributed by atoms with van der Waals surface area (Å²) in [4.78, 5) is 0. The fraction of sp³-hybridized carbons (Fsp3) is 1.00. The van der Waals surface area contributed by atoms with E-state index >= 15 is 0 Å². The average molecular weight is 173 g/mol. The molecular formula is C10H23NO. The number of hydrogen-bond acceptors (Lipinski definition) is 2. The average Bonchev–Trinajstić information content (AvgIpc) is 1.85. The van der Waals surface area contributed by atoms with E-state index < -0.39 is 5.60 Å². The van der Waals surface area contributed by atoms with E-state index in [0.717, 1.165) is 19.4 Å². The predicted octanol–water partition coefficient (Wildman–Crippen LogP) is 1.78. The van der Waals surface area contributed by atoms with Gasteiger partial charge in [-0.2, -0.15) is 0 Å². The zero-order valence-corrected chi connectivity index (χ0v) is 8.85. The second-order valence-electron chi connectivity index (χ2n) is 4.27. The van der Waals surface area contributed by atoms with E-state index in [4.69, 9.17) is 0 Å². The minimum absolute atomic E-state index is 0.524. The van der Waals surface area contributed by atoms with Crippen LogP contribution in [-0.2, 0) is 0 Å². The molecule has 0 aromatic rings. The maximum Gasteiger partial charge on any atom is 0.0743 e. The third-order valence-corrected chi connectivity index (χ3v) is 1.85. The first-order valence-corrected chi connectivity index (χ1v) is 4.91. The Morgan fingerprint density at radius 1 is 1.42 bits per heavy atom. The molecule has 0 aromatic carbocycles. The van der Waals surface area contributed by atoms with Crippen LogP contribution >= 0.6 is 0 Å². The highest BCUT2D eigenvalue weighted by Crippen LogP contribution is 2.09. The molecule has 12 heavy (non-hydrogen) atoms. The van der Waals surface area contributed by atoms with Crippen LogP contribution in [0.4, 0.5) is 0 Å². The molecule has 2 N–H and O–H groups in total. The van der Waals surface area contributed by atoms with Crippen molar-refractivity contribution >= 4 is 0 Å². The Morgan fingerprint density at radius 3 is 2.42 bits per heavy atom. The molecule has 0 saturated carbocycles. The van der Waals surface area contributed by atoms with Gasteiger partial charge in [-0.05, 0) is 25.8 Å². The first-order valence-electron chi connectivity index (χ1n) is 4.91. The van der Waals surface area contributed by atoms with Crippen LogP contribution in [-0.4, -0.2) is 23.8 Å². The van der Waals surface area contributed by atoms with E-state index in [9.17, 15) is 5.11 Å². The van der Waals surface area contributed by atoms with Crippen LogP contribution in [0, 0.1) is 5.92 Å². The van der Waals surface area contributed by atoms with E-state index in [0.29, 0.717) is 12.5 Å². The molecule has 1 unspecified atom stereocenters. The lowest BCUT2D eigenvalue weighted by atomic mass is 10.0. The molecule has 0 amide bonds. The van der Waals surface area contributed by atoms with Crippen LogP contribution in [0.3, 0.4) is 0 Å². The van der Waals surface area contributed by atoms with Gasteiger partial charge in [-0.1, -0.05) is 27.2 Å². The van der Waals surface area contributed by atoms with Crippen molar-refractivity contribution in [1.29, 1.82) is 0 Å². The molecule has 0 heterocycles. The summed E-state index contributed by atoms with van der Waals surface area (Å²) < 4.78 is 0. The van der Waals surface area contributed by atoms with Crippen molar-refractivity contribution in [2.45, 2.75) is 46.1 Å². The Hall–Kier alpha value is -0.0800. The van der Waals surface area contributed by atoms with Crippen molar-refractivity contribution in [3.8, 4) is 0 Å². The van der Waals surface area contributed by atoms with E-state index in [-0.39, 0.29) is 0 Å². The van der Waals surface area contributed by atoms with Crippen molar-refractivity contribution in [2.75, 3.05) is 13.1 Å². The first-order chi connectivity index (χ1) is 5.48. The van der Waals surface area contributed by atoms with Gasteiger partial charge in [0.25, 0.3) is 0 Å². The van der Waals surface area contributed by atoms with Crippen LogP contribution < -0.4 is 5.32 Å². The summed E-state index contributed by atoms with van der Waals surface area (Å²) in [7, 11) is 0. The Kier molecular flexibility index (Phi) is 5.51. The summed E-state index contributed by atoms with van der Waals surface area (Å²) in [5.41, 5.74) is -0.524. The van der Waals surface area contributed by atoms with Crippen LogP contribution in [0.15, 0.2) is 0 Å². The minimum atomic E-state index is -0.524. The fourth-order valence-corrected chi connectivity index (χ4v) is 1.26. The van der Waals surface area contributed by atoms with Crippen molar-refractivity contribution in [1.82, 2.24) is 5.32 Å². The number of aliphatic hydroxyl groups is 1. The van der Waals surface area contributed by atoms with Gasteiger partial charge in [0.05, 0.1) is 5.60 Å². The molecule has 2 heteroatoms. The lowest BCUT2D eigenvalue weighted by molar-refractivity contribution is 0.0496.